The molecule has 0 fully saturated rings. The van der Waals surface area contributed by atoms with E-state index in [-0.39, 0.29) is 5.94 Å². The van der Waals surface area contributed by atoms with E-state index in [2.05, 4.69) is 5.32 Å². The van der Waals surface area contributed by atoms with Gasteiger partial charge in [0.1, 0.15) is 0 Å². The summed E-state index contributed by atoms with van der Waals surface area (Å²) in [5, 5.41) is 20.5. The van der Waals surface area contributed by atoms with E-state index in [1.54, 1.807) is 0 Å². The van der Waals surface area contributed by atoms with Crippen molar-refractivity contribution in [3.63, 3.8) is 0 Å². The van der Waals surface area contributed by atoms with Crippen LogP contribution in [0.5, 0.6) is 0 Å². The molecule has 0 saturated carbocycles. The molecule has 0 heterocycles. The van der Waals surface area contributed by atoms with Crippen LogP contribution in [0.3, 0.4) is 0 Å². The smallest absolute Gasteiger partial charge is 0.426 e. The van der Waals surface area contributed by atoms with Crippen molar-refractivity contribution < 1.29 is 10.0 Å². The van der Waals surface area contributed by atoms with E-state index in [0.717, 1.165) is 6.42 Å². The van der Waals surface area contributed by atoms with Crippen LogP contribution >= 0.6 is 0 Å². The number of hydrogen-bond acceptors (Lipinski definition) is 3. The van der Waals surface area contributed by atoms with Crippen LogP contribution in [0.1, 0.15) is 27.2 Å². The van der Waals surface area contributed by atoms with Gasteiger partial charge in [0.05, 0.1) is 0 Å². The van der Waals surface area contributed by atoms with Crippen LogP contribution in [-0.4, -0.2) is 29.1 Å². The Morgan fingerprint density at radius 1 is 1.40 bits per heavy atom. The zero-order chi connectivity index (χ0) is 8.15. The van der Waals surface area contributed by atoms with Crippen LogP contribution in [0.2, 0.25) is 0 Å². The minimum absolute atomic E-state index is 0.194. The third-order valence-corrected chi connectivity index (χ3v) is 1.35. The normalized spacial score (nSPS) is 13.8. The quantitative estimate of drug-likeness (QED) is 0.479. The van der Waals surface area contributed by atoms with E-state index in [1.807, 2.05) is 20.8 Å². The molecule has 0 unspecified atom stereocenters. The molecule has 0 saturated heterocycles. The first kappa shape index (κ1) is 9.94. The van der Waals surface area contributed by atoms with Crippen molar-refractivity contribution in [2.75, 3.05) is 0 Å². The molecule has 60 valence electrons. The maximum Gasteiger partial charge on any atom is 0.469 e. The van der Waals surface area contributed by atoms with Gasteiger partial charge in [0.25, 0.3) is 0 Å². The lowest BCUT2D eigenvalue weighted by Gasteiger charge is -2.17. The van der Waals surface area contributed by atoms with Gasteiger partial charge < -0.3 is 15.4 Å². The molecule has 1 atom stereocenters. The Kier molecular flexibility index (Phi) is 4.69. The molecule has 10 heavy (non-hydrogen) atoms. The predicted octanol–water partition coefficient (Wildman–Crippen LogP) is -0.225. The summed E-state index contributed by atoms with van der Waals surface area (Å²) >= 11 is 0. The van der Waals surface area contributed by atoms with Crippen LogP contribution in [0.15, 0.2) is 0 Å². The summed E-state index contributed by atoms with van der Waals surface area (Å²) in [4.78, 5) is 0. The average molecular weight is 145 g/mol. The van der Waals surface area contributed by atoms with Crippen molar-refractivity contribution in [1.29, 1.82) is 0 Å². The highest BCUT2D eigenvalue weighted by molar-refractivity contribution is 6.43. The second-order valence-corrected chi connectivity index (χ2v) is 2.75. The van der Waals surface area contributed by atoms with E-state index in [4.69, 9.17) is 10.0 Å². The Bertz CT molecular complexity index is 87.8. The van der Waals surface area contributed by atoms with E-state index in [0.29, 0.717) is 6.04 Å². The topological polar surface area (TPSA) is 52.5 Å². The van der Waals surface area contributed by atoms with Crippen LogP contribution in [0, 0.1) is 0 Å². The largest absolute Gasteiger partial charge is 0.469 e. The molecule has 3 nitrogen and oxygen atoms in total. The average Bonchev–Trinajstić information content (AvgIpc) is 1.81. The summed E-state index contributed by atoms with van der Waals surface area (Å²) in [6.07, 6.45) is 0.732. The fourth-order valence-electron chi connectivity index (χ4n) is 0.843. The van der Waals surface area contributed by atoms with Crippen LogP contribution in [-0.2, 0) is 0 Å². The summed E-state index contributed by atoms with van der Waals surface area (Å²) in [6.45, 7) is 5.87. The summed E-state index contributed by atoms with van der Waals surface area (Å²) in [5.74, 6) is -0.194. The van der Waals surface area contributed by atoms with Gasteiger partial charge in [0, 0.05) is 12.0 Å². The minimum atomic E-state index is -1.24. The molecular formula is C6H16BNO2. The maximum absolute atomic E-state index is 8.75. The van der Waals surface area contributed by atoms with Crippen molar-refractivity contribution >= 4 is 7.12 Å². The van der Waals surface area contributed by atoms with Gasteiger partial charge >= 0.3 is 7.12 Å². The molecule has 0 aromatic rings. The molecule has 0 spiro atoms. The lowest BCUT2D eigenvalue weighted by atomic mass is 9.77. The Balaban J connectivity index is 3.60. The van der Waals surface area contributed by atoms with Gasteiger partial charge in [-0.25, -0.2) is 0 Å². The molecule has 0 aliphatic rings. The standard InChI is InChI=1S/C6H16BNO2/c1-4-6(7(9)10)8-5(2)3/h5-6,8-10H,4H2,1-3H3/t6-/m0/s1. The summed E-state index contributed by atoms with van der Waals surface area (Å²) in [5.41, 5.74) is 0. The number of hydrogen-bond donors (Lipinski definition) is 3. The molecule has 0 aliphatic heterocycles. The van der Waals surface area contributed by atoms with Gasteiger partial charge in [-0.1, -0.05) is 20.8 Å². The van der Waals surface area contributed by atoms with Crippen molar-refractivity contribution in [2.24, 2.45) is 0 Å². The summed E-state index contributed by atoms with van der Waals surface area (Å²) in [6, 6.07) is 0.298. The first-order valence-electron chi connectivity index (χ1n) is 3.70. The summed E-state index contributed by atoms with van der Waals surface area (Å²) in [7, 11) is -1.24. The van der Waals surface area contributed by atoms with Gasteiger partial charge in [-0.15, -0.1) is 0 Å². The van der Waals surface area contributed by atoms with Crippen LogP contribution in [0.4, 0.5) is 0 Å². The SMILES string of the molecule is CC[C@H](NC(C)C)B(O)O. The Hall–Kier alpha value is -0.0551. The predicted molar refractivity (Wildman–Crippen MR) is 42.5 cm³/mol. The highest BCUT2D eigenvalue weighted by Crippen LogP contribution is 1.93. The summed E-state index contributed by atoms with van der Waals surface area (Å²) < 4.78 is 0. The second-order valence-electron chi connectivity index (χ2n) is 2.75. The molecule has 0 aliphatic carbocycles. The fraction of sp³-hybridized carbons (Fsp3) is 1.00. The molecule has 0 rings (SSSR count). The van der Waals surface area contributed by atoms with E-state index in [1.165, 1.54) is 0 Å². The first-order valence-corrected chi connectivity index (χ1v) is 3.70. The van der Waals surface area contributed by atoms with Crippen molar-refractivity contribution in [1.82, 2.24) is 5.32 Å². The lowest BCUT2D eigenvalue weighted by Crippen LogP contribution is -2.46. The number of nitrogens with one attached hydrogen (secondary N) is 1. The Morgan fingerprint density at radius 3 is 2.00 bits per heavy atom. The molecule has 0 amide bonds. The zero-order valence-corrected chi connectivity index (χ0v) is 6.83. The van der Waals surface area contributed by atoms with Gasteiger partial charge in [-0.2, -0.15) is 0 Å². The van der Waals surface area contributed by atoms with Crippen LogP contribution < -0.4 is 5.32 Å². The highest BCUT2D eigenvalue weighted by Gasteiger charge is 2.20. The Labute approximate surface area is 62.6 Å². The monoisotopic (exact) mass is 145 g/mol. The number of rotatable bonds is 4. The minimum Gasteiger partial charge on any atom is -0.426 e. The molecule has 0 aromatic heterocycles. The molecule has 0 aromatic carbocycles. The van der Waals surface area contributed by atoms with Gasteiger partial charge in [0.2, 0.25) is 0 Å². The molecular weight excluding hydrogens is 129 g/mol. The van der Waals surface area contributed by atoms with Gasteiger partial charge in [0.15, 0.2) is 0 Å². The second kappa shape index (κ2) is 4.71. The Morgan fingerprint density at radius 2 is 1.90 bits per heavy atom. The van der Waals surface area contributed by atoms with Crippen LogP contribution in [0.25, 0.3) is 0 Å². The molecule has 4 heteroatoms. The van der Waals surface area contributed by atoms with Crippen molar-refractivity contribution in [3.8, 4) is 0 Å². The fourth-order valence-corrected chi connectivity index (χ4v) is 0.843. The van der Waals surface area contributed by atoms with Gasteiger partial charge in [-0.3, -0.25) is 0 Å². The maximum atomic E-state index is 8.75. The van der Waals surface area contributed by atoms with Crippen molar-refractivity contribution in [3.05, 3.63) is 0 Å². The molecule has 0 radical (unpaired) electrons. The van der Waals surface area contributed by atoms with Gasteiger partial charge in [-0.05, 0) is 6.42 Å². The molecule has 0 bridgehead atoms. The third kappa shape index (κ3) is 3.87. The molecule has 3 N–H and O–H groups in total. The van der Waals surface area contributed by atoms with E-state index < -0.39 is 7.12 Å². The van der Waals surface area contributed by atoms with Crippen molar-refractivity contribution in [2.45, 2.75) is 39.2 Å². The third-order valence-electron chi connectivity index (χ3n) is 1.35. The zero-order valence-electron chi connectivity index (χ0n) is 6.83. The first-order chi connectivity index (χ1) is 4.57. The lowest BCUT2D eigenvalue weighted by molar-refractivity contribution is 0.357. The highest BCUT2D eigenvalue weighted by atomic mass is 16.4. The van der Waals surface area contributed by atoms with E-state index >= 15 is 0 Å². The van der Waals surface area contributed by atoms with E-state index in [9.17, 15) is 0 Å².